The van der Waals surface area contributed by atoms with Crippen molar-refractivity contribution in [3.63, 3.8) is 0 Å². The Kier molecular flexibility index (Phi) is 5.80. The molecule has 0 saturated heterocycles. The first-order valence-corrected chi connectivity index (χ1v) is 9.26. The van der Waals surface area contributed by atoms with Crippen LogP contribution in [-0.4, -0.2) is 21.6 Å². The summed E-state index contributed by atoms with van der Waals surface area (Å²) in [4.78, 5) is 24.0. The second-order valence-electron chi connectivity index (χ2n) is 6.70. The Morgan fingerprint density at radius 3 is 2.25 bits per heavy atom. The molecule has 0 aliphatic carbocycles. The minimum Gasteiger partial charge on any atom is -0.326 e. The number of carbonyl (C=O) groups excluding carboxylic acids is 2. The van der Waals surface area contributed by atoms with Crippen LogP contribution in [0.15, 0.2) is 54.7 Å². The normalized spacial score (nSPS) is 10.8. The summed E-state index contributed by atoms with van der Waals surface area (Å²) >= 11 is 6.10. The summed E-state index contributed by atoms with van der Waals surface area (Å²) in [6.45, 7) is 5.47. The van der Waals surface area contributed by atoms with Crippen molar-refractivity contribution < 1.29 is 9.59 Å². The molecule has 28 heavy (non-hydrogen) atoms. The van der Waals surface area contributed by atoms with Crippen LogP contribution < -0.4 is 10.6 Å². The Morgan fingerprint density at radius 2 is 1.68 bits per heavy atom. The van der Waals surface area contributed by atoms with Crippen LogP contribution in [0.2, 0.25) is 5.02 Å². The highest BCUT2D eigenvalue weighted by Gasteiger charge is 2.21. The van der Waals surface area contributed by atoms with Gasteiger partial charge in [-0.2, -0.15) is 5.10 Å². The van der Waals surface area contributed by atoms with Crippen LogP contribution in [-0.2, 0) is 4.79 Å². The van der Waals surface area contributed by atoms with Crippen molar-refractivity contribution in [2.45, 2.75) is 26.7 Å². The van der Waals surface area contributed by atoms with E-state index in [0.717, 1.165) is 11.4 Å². The van der Waals surface area contributed by atoms with Gasteiger partial charge in [-0.1, -0.05) is 31.5 Å². The molecule has 0 bridgehead atoms. The van der Waals surface area contributed by atoms with E-state index < -0.39 is 0 Å². The molecule has 0 unspecified atom stereocenters. The molecule has 144 valence electrons. The Hall–Kier alpha value is -3.12. The molecule has 2 N–H and O–H groups in total. The van der Waals surface area contributed by atoms with E-state index in [4.69, 9.17) is 11.6 Å². The number of nitrogens with one attached hydrogen (secondary N) is 2. The molecule has 1 heterocycles. The van der Waals surface area contributed by atoms with Crippen molar-refractivity contribution in [1.82, 2.24) is 9.78 Å². The summed E-state index contributed by atoms with van der Waals surface area (Å²) in [6.07, 6.45) is 1.57. The van der Waals surface area contributed by atoms with Gasteiger partial charge in [-0.15, -0.1) is 0 Å². The lowest BCUT2D eigenvalue weighted by Crippen LogP contribution is -2.15. The number of nitrogens with zero attached hydrogens (tertiary/aromatic N) is 2. The van der Waals surface area contributed by atoms with Gasteiger partial charge in [-0.05, 0) is 48.4 Å². The fourth-order valence-electron chi connectivity index (χ4n) is 2.94. The molecule has 2 aromatic carbocycles. The number of aromatic nitrogens is 2. The predicted octanol–water partition coefficient (Wildman–Crippen LogP) is 4.86. The molecule has 0 radical (unpaired) electrons. The third-order valence-electron chi connectivity index (χ3n) is 4.11. The van der Waals surface area contributed by atoms with Gasteiger partial charge in [0, 0.05) is 23.3 Å². The zero-order valence-electron chi connectivity index (χ0n) is 15.9. The van der Waals surface area contributed by atoms with Crippen molar-refractivity contribution in [2.75, 3.05) is 10.6 Å². The van der Waals surface area contributed by atoms with Crippen molar-refractivity contribution >= 4 is 34.8 Å². The minimum absolute atomic E-state index is 0.0735. The predicted molar refractivity (Wildman–Crippen MR) is 111 cm³/mol. The molecule has 3 rings (SSSR count). The standard InChI is InChI=1S/C21H21ClN4O2/c1-13(2)20-19(12-23-26(20)18-6-4-5-15(22)11-18)21(28)25-17-9-7-16(8-10-17)24-14(3)27/h4-13H,1-3H3,(H,24,27)(H,25,28). The minimum atomic E-state index is -0.246. The van der Waals surface area contributed by atoms with E-state index in [-0.39, 0.29) is 17.7 Å². The van der Waals surface area contributed by atoms with Crippen LogP contribution in [0.4, 0.5) is 11.4 Å². The number of benzene rings is 2. The van der Waals surface area contributed by atoms with Crippen molar-refractivity contribution in [3.8, 4) is 5.69 Å². The van der Waals surface area contributed by atoms with Crippen molar-refractivity contribution in [1.29, 1.82) is 0 Å². The van der Waals surface area contributed by atoms with Crippen LogP contribution in [0.3, 0.4) is 0 Å². The summed E-state index contributed by atoms with van der Waals surface area (Å²) in [6, 6.07) is 14.3. The zero-order chi connectivity index (χ0) is 20.3. The lowest BCUT2D eigenvalue weighted by Gasteiger charge is -2.13. The Balaban J connectivity index is 1.87. The number of halogens is 1. The van der Waals surface area contributed by atoms with E-state index in [0.29, 0.717) is 22.0 Å². The largest absolute Gasteiger partial charge is 0.326 e. The van der Waals surface area contributed by atoms with Gasteiger partial charge in [0.25, 0.3) is 5.91 Å². The van der Waals surface area contributed by atoms with Gasteiger partial charge >= 0.3 is 0 Å². The lowest BCUT2D eigenvalue weighted by atomic mass is 10.0. The smallest absolute Gasteiger partial charge is 0.259 e. The Morgan fingerprint density at radius 1 is 1.04 bits per heavy atom. The van der Waals surface area contributed by atoms with Crippen LogP contribution in [0, 0.1) is 0 Å². The van der Waals surface area contributed by atoms with Crippen molar-refractivity contribution in [2.24, 2.45) is 0 Å². The second kappa shape index (κ2) is 8.27. The van der Waals surface area contributed by atoms with Gasteiger partial charge in [0.2, 0.25) is 5.91 Å². The van der Waals surface area contributed by atoms with E-state index in [2.05, 4.69) is 15.7 Å². The molecule has 7 heteroatoms. The molecular formula is C21H21ClN4O2. The van der Waals surface area contributed by atoms with Crippen LogP contribution in [0.25, 0.3) is 5.69 Å². The van der Waals surface area contributed by atoms with Crippen LogP contribution in [0.1, 0.15) is 42.7 Å². The first-order valence-electron chi connectivity index (χ1n) is 8.88. The van der Waals surface area contributed by atoms with Gasteiger partial charge in [-0.3, -0.25) is 9.59 Å². The summed E-state index contributed by atoms with van der Waals surface area (Å²) in [5, 5.41) is 10.6. The maximum atomic E-state index is 12.9. The van der Waals surface area contributed by atoms with E-state index in [1.807, 2.05) is 32.0 Å². The second-order valence-corrected chi connectivity index (χ2v) is 7.14. The van der Waals surface area contributed by atoms with E-state index in [1.165, 1.54) is 6.92 Å². The van der Waals surface area contributed by atoms with E-state index >= 15 is 0 Å². The number of carbonyl (C=O) groups is 2. The van der Waals surface area contributed by atoms with E-state index in [1.54, 1.807) is 41.2 Å². The molecule has 0 atom stereocenters. The zero-order valence-corrected chi connectivity index (χ0v) is 16.6. The van der Waals surface area contributed by atoms with E-state index in [9.17, 15) is 9.59 Å². The number of hydrogen-bond acceptors (Lipinski definition) is 3. The number of amides is 2. The number of hydrogen-bond donors (Lipinski definition) is 2. The van der Waals surface area contributed by atoms with Gasteiger partial charge < -0.3 is 10.6 Å². The van der Waals surface area contributed by atoms with Crippen LogP contribution >= 0.6 is 11.6 Å². The average molecular weight is 397 g/mol. The monoisotopic (exact) mass is 396 g/mol. The maximum Gasteiger partial charge on any atom is 0.259 e. The molecule has 6 nitrogen and oxygen atoms in total. The summed E-state index contributed by atoms with van der Waals surface area (Å²) in [5.41, 5.74) is 3.40. The SMILES string of the molecule is CC(=O)Nc1ccc(NC(=O)c2cnn(-c3cccc(Cl)c3)c2C(C)C)cc1. The average Bonchev–Trinajstić information content (AvgIpc) is 3.08. The molecular weight excluding hydrogens is 376 g/mol. The van der Waals surface area contributed by atoms with Gasteiger partial charge in [0.05, 0.1) is 23.1 Å². The first kappa shape index (κ1) is 19.6. The molecule has 0 fully saturated rings. The highest BCUT2D eigenvalue weighted by molar-refractivity contribution is 6.30. The molecule has 3 aromatic rings. The Bertz CT molecular complexity index is 1010. The number of rotatable bonds is 5. The summed E-state index contributed by atoms with van der Waals surface area (Å²) < 4.78 is 1.74. The fourth-order valence-corrected chi connectivity index (χ4v) is 3.13. The molecule has 2 amide bonds. The van der Waals surface area contributed by atoms with Gasteiger partial charge in [-0.25, -0.2) is 4.68 Å². The molecule has 1 aromatic heterocycles. The third kappa shape index (κ3) is 4.40. The topological polar surface area (TPSA) is 76.0 Å². The Labute approximate surface area is 168 Å². The summed E-state index contributed by atoms with van der Waals surface area (Å²) in [5.74, 6) is -0.319. The van der Waals surface area contributed by atoms with Gasteiger partial charge in [0.1, 0.15) is 0 Å². The highest BCUT2D eigenvalue weighted by Crippen LogP contribution is 2.25. The molecule has 0 spiro atoms. The van der Waals surface area contributed by atoms with Crippen LogP contribution in [0.5, 0.6) is 0 Å². The maximum absolute atomic E-state index is 12.9. The quantitative estimate of drug-likeness (QED) is 0.646. The van der Waals surface area contributed by atoms with Crippen molar-refractivity contribution in [3.05, 3.63) is 71.0 Å². The molecule has 0 saturated carbocycles. The summed E-state index contributed by atoms with van der Waals surface area (Å²) in [7, 11) is 0. The highest BCUT2D eigenvalue weighted by atomic mass is 35.5. The molecule has 0 aliphatic heterocycles. The van der Waals surface area contributed by atoms with Gasteiger partial charge in [0.15, 0.2) is 0 Å². The fraction of sp³-hybridized carbons (Fsp3) is 0.190. The number of anilines is 2. The first-order chi connectivity index (χ1) is 13.3. The third-order valence-corrected chi connectivity index (χ3v) is 4.35. The lowest BCUT2D eigenvalue weighted by molar-refractivity contribution is -0.114. The molecule has 0 aliphatic rings.